The second kappa shape index (κ2) is 8.40. The smallest absolute Gasteiger partial charge is 0.336 e. The summed E-state index contributed by atoms with van der Waals surface area (Å²) in [5, 5.41) is 0. The zero-order chi connectivity index (χ0) is 21.2. The average Bonchev–Trinajstić information content (AvgIpc) is 2.69. The van der Waals surface area contributed by atoms with Crippen molar-refractivity contribution >= 4 is 5.91 Å². The van der Waals surface area contributed by atoms with Crippen LogP contribution in [0.15, 0.2) is 30.5 Å². The van der Waals surface area contributed by atoms with Crippen molar-refractivity contribution in [2.75, 3.05) is 13.1 Å². The number of aromatic nitrogens is 2. The third-order valence-corrected chi connectivity index (χ3v) is 5.03. The third kappa shape index (κ3) is 5.06. The fourth-order valence-corrected chi connectivity index (χ4v) is 3.41. The van der Waals surface area contributed by atoms with E-state index in [4.69, 9.17) is 5.73 Å². The molecular formula is C19H19F5N4O. The van der Waals surface area contributed by atoms with Crippen LogP contribution in [0.25, 0.3) is 0 Å². The fraction of sp³-hybridized carbons (Fsp3) is 0.421. The molecule has 2 aromatic rings. The Bertz CT molecular complexity index is 881. The number of hydrogen-bond donors (Lipinski definition) is 1. The number of alkyl halides is 3. The molecular weight excluding hydrogens is 395 g/mol. The zero-order valence-corrected chi connectivity index (χ0v) is 15.3. The Morgan fingerprint density at radius 1 is 1.21 bits per heavy atom. The maximum absolute atomic E-state index is 13.8. The number of nitrogens with zero attached hydrogens (tertiary/aromatic N) is 3. The number of halogens is 5. The number of nitrogens with two attached hydrogens (primary N) is 1. The van der Waals surface area contributed by atoms with Gasteiger partial charge in [0.15, 0.2) is 0 Å². The number of piperidine rings is 1. The molecule has 1 amide bonds. The summed E-state index contributed by atoms with van der Waals surface area (Å²) in [5.74, 6) is -2.31. The summed E-state index contributed by atoms with van der Waals surface area (Å²) in [7, 11) is 0. The summed E-state index contributed by atoms with van der Waals surface area (Å²) in [6.45, 7) is 0.533. The van der Waals surface area contributed by atoms with Crippen molar-refractivity contribution in [2.45, 2.75) is 31.5 Å². The van der Waals surface area contributed by atoms with Gasteiger partial charge in [-0.25, -0.2) is 18.7 Å². The minimum absolute atomic E-state index is 0.0378. The molecule has 1 unspecified atom stereocenters. The molecule has 1 fully saturated rings. The van der Waals surface area contributed by atoms with E-state index in [9.17, 15) is 26.7 Å². The van der Waals surface area contributed by atoms with Gasteiger partial charge < -0.3 is 10.6 Å². The molecule has 1 aliphatic rings. The van der Waals surface area contributed by atoms with E-state index in [0.717, 1.165) is 24.4 Å². The quantitative estimate of drug-likeness (QED) is 0.780. The lowest BCUT2D eigenvalue weighted by Gasteiger charge is -2.34. The van der Waals surface area contributed by atoms with E-state index >= 15 is 0 Å². The van der Waals surface area contributed by atoms with E-state index in [2.05, 4.69) is 9.97 Å². The van der Waals surface area contributed by atoms with Gasteiger partial charge in [0.05, 0.1) is 0 Å². The van der Waals surface area contributed by atoms with E-state index < -0.39 is 41.3 Å². The lowest BCUT2D eigenvalue weighted by atomic mass is 9.86. The zero-order valence-electron chi connectivity index (χ0n) is 15.3. The number of rotatable bonds is 4. The average molecular weight is 414 g/mol. The molecule has 3 rings (SSSR count). The number of carbonyl (C=O) groups excluding carboxylic acids is 1. The number of likely N-dealkylation sites (tertiary alicyclic amines) is 1. The SMILES string of the molecule is NC(Cc1cc(F)ccc1F)C1CCN(C(=O)c2nccc(C(F)(F)F)n2)CC1. The van der Waals surface area contributed by atoms with Crippen LogP contribution < -0.4 is 5.73 Å². The van der Waals surface area contributed by atoms with Gasteiger partial charge in [-0.15, -0.1) is 0 Å². The van der Waals surface area contributed by atoms with E-state index in [1.54, 1.807) is 0 Å². The number of amides is 1. The number of hydrogen-bond acceptors (Lipinski definition) is 4. The normalized spacial score (nSPS) is 16.7. The van der Waals surface area contributed by atoms with Crippen LogP contribution in [0.1, 0.15) is 34.7 Å². The van der Waals surface area contributed by atoms with Gasteiger partial charge in [-0.3, -0.25) is 4.79 Å². The minimum atomic E-state index is -4.66. The minimum Gasteiger partial charge on any atom is -0.336 e. The largest absolute Gasteiger partial charge is 0.433 e. The van der Waals surface area contributed by atoms with Gasteiger partial charge in [-0.2, -0.15) is 13.2 Å². The summed E-state index contributed by atoms with van der Waals surface area (Å²) < 4.78 is 65.4. The third-order valence-electron chi connectivity index (χ3n) is 5.03. The fourth-order valence-electron chi connectivity index (χ4n) is 3.41. The molecule has 0 radical (unpaired) electrons. The summed E-state index contributed by atoms with van der Waals surface area (Å²) >= 11 is 0. The molecule has 1 aromatic carbocycles. The molecule has 1 atom stereocenters. The number of carbonyl (C=O) groups is 1. The van der Waals surface area contributed by atoms with E-state index in [0.29, 0.717) is 18.9 Å². The van der Waals surface area contributed by atoms with Gasteiger partial charge in [-0.1, -0.05) is 0 Å². The first kappa shape index (κ1) is 21.1. The lowest BCUT2D eigenvalue weighted by molar-refractivity contribution is -0.141. The lowest BCUT2D eigenvalue weighted by Crippen LogP contribution is -2.44. The summed E-state index contributed by atoms with van der Waals surface area (Å²) in [5.41, 5.74) is 5.17. The van der Waals surface area contributed by atoms with E-state index in [1.165, 1.54) is 4.90 Å². The summed E-state index contributed by atoms with van der Waals surface area (Å²) in [6, 6.07) is 3.46. The van der Waals surface area contributed by atoms with Gasteiger partial charge in [0.1, 0.15) is 17.3 Å². The van der Waals surface area contributed by atoms with Crippen LogP contribution in [0, 0.1) is 17.6 Å². The molecule has 1 aromatic heterocycles. The first-order valence-corrected chi connectivity index (χ1v) is 9.04. The molecule has 1 saturated heterocycles. The monoisotopic (exact) mass is 414 g/mol. The van der Waals surface area contributed by atoms with E-state index in [-0.39, 0.29) is 31.0 Å². The highest BCUT2D eigenvalue weighted by Gasteiger charge is 2.34. The van der Waals surface area contributed by atoms with Crippen molar-refractivity contribution < 1.29 is 26.7 Å². The Morgan fingerprint density at radius 2 is 1.90 bits per heavy atom. The van der Waals surface area contributed by atoms with Crippen LogP contribution in [0.3, 0.4) is 0 Å². The number of benzene rings is 1. The Labute approximate surface area is 163 Å². The van der Waals surface area contributed by atoms with Crippen LogP contribution in [0.5, 0.6) is 0 Å². The molecule has 2 N–H and O–H groups in total. The second-order valence-electron chi connectivity index (χ2n) is 7.00. The molecule has 2 heterocycles. The van der Waals surface area contributed by atoms with Gasteiger partial charge >= 0.3 is 6.18 Å². The molecule has 0 aliphatic carbocycles. The van der Waals surface area contributed by atoms with Gasteiger partial charge in [0.2, 0.25) is 5.82 Å². The summed E-state index contributed by atoms with van der Waals surface area (Å²) in [4.78, 5) is 20.8. The predicted molar refractivity (Wildman–Crippen MR) is 93.7 cm³/mol. The van der Waals surface area contributed by atoms with Crippen LogP contribution in [0.4, 0.5) is 22.0 Å². The maximum Gasteiger partial charge on any atom is 0.433 e. The highest BCUT2D eigenvalue weighted by Crippen LogP contribution is 2.28. The molecule has 0 saturated carbocycles. The Kier molecular flexibility index (Phi) is 6.11. The van der Waals surface area contributed by atoms with E-state index in [1.807, 2.05) is 0 Å². The van der Waals surface area contributed by atoms with Crippen LogP contribution in [-0.2, 0) is 12.6 Å². The van der Waals surface area contributed by atoms with Crippen molar-refractivity contribution in [3.05, 3.63) is 59.2 Å². The van der Waals surface area contributed by atoms with Gasteiger partial charge in [-0.05, 0) is 55.0 Å². The van der Waals surface area contributed by atoms with Crippen LogP contribution >= 0.6 is 0 Å². The topological polar surface area (TPSA) is 72.1 Å². The molecule has 156 valence electrons. The van der Waals surface area contributed by atoms with Gasteiger partial charge in [0.25, 0.3) is 5.91 Å². The highest BCUT2D eigenvalue weighted by atomic mass is 19.4. The first-order chi connectivity index (χ1) is 13.6. The van der Waals surface area contributed by atoms with Crippen LogP contribution in [0.2, 0.25) is 0 Å². The highest BCUT2D eigenvalue weighted by molar-refractivity contribution is 5.90. The standard InChI is InChI=1S/C19H19F5N4O/c20-13-1-2-14(21)12(9-13)10-15(25)11-4-7-28(8-5-11)18(29)17-26-6-3-16(27-17)19(22,23)24/h1-3,6,9,11,15H,4-5,7-8,10,25H2. The molecule has 10 heteroatoms. The maximum atomic E-state index is 13.8. The first-order valence-electron chi connectivity index (χ1n) is 9.04. The van der Waals surface area contributed by atoms with Crippen molar-refractivity contribution in [1.29, 1.82) is 0 Å². The Morgan fingerprint density at radius 3 is 2.55 bits per heavy atom. The summed E-state index contributed by atoms with van der Waals surface area (Å²) in [6.07, 6.45) is -2.63. The van der Waals surface area contributed by atoms with Crippen LogP contribution in [-0.4, -0.2) is 39.9 Å². The van der Waals surface area contributed by atoms with Gasteiger partial charge in [0, 0.05) is 25.3 Å². The molecule has 0 spiro atoms. The second-order valence-corrected chi connectivity index (χ2v) is 7.00. The van der Waals surface area contributed by atoms with Crippen molar-refractivity contribution in [1.82, 2.24) is 14.9 Å². The molecule has 5 nitrogen and oxygen atoms in total. The van der Waals surface area contributed by atoms with Crippen molar-refractivity contribution in [3.8, 4) is 0 Å². The predicted octanol–water partition coefficient (Wildman–Crippen LogP) is 3.20. The molecule has 0 bridgehead atoms. The molecule has 29 heavy (non-hydrogen) atoms. The van der Waals surface area contributed by atoms with Crippen molar-refractivity contribution in [3.63, 3.8) is 0 Å². The Balaban J connectivity index is 1.60. The Hall–Kier alpha value is -2.62. The molecule has 1 aliphatic heterocycles. The van der Waals surface area contributed by atoms with Crippen molar-refractivity contribution in [2.24, 2.45) is 11.7 Å².